The van der Waals surface area contributed by atoms with Crippen molar-refractivity contribution >= 4 is 11.5 Å². The summed E-state index contributed by atoms with van der Waals surface area (Å²) in [4.78, 5) is 7.38. The highest BCUT2D eigenvalue weighted by atomic mass is 15.2. The number of hydrogen-bond donors (Lipinski definition) is 1. The van der Waals surface area contributed by atoms with Gasteiger partial charge in [0.1, 0.15) is 5.82 Å². The van der Waals surface area contributed by atoms with Gasteiger partial charge < -0.3 is 10.6 Å². The summed E-state index contributed by atoms with van der Waals surface area (Å²) >= 11 is 0. The minimum atomic E-state index is 0.651. The number of nitrogen functional groups attached to an aromatic ring is 1. The van der Waals surface area contributed by atoms with E-state index in [-0.39, 0.29) is 0 Å². The predicted molar refractivity (Wildman–Crippen MR) is 86.3 cm³/mol. The van der Waals surface area contributed by atoms with Crippen LogP contribution in [0.1, 0.15) is 36.1 Å². The van der Waals surface area contributed by atoms with Gasteiger partial charge in [-0.15, -0.1) is 0 Å². The quantitative estimate of drug-likeness (QED) is 0.873. The zero-order valence-electron chi connectivity index (χ0n) is 12.3. The highest BCUT2D eigenvalue weighted by Crippen LogP contribution is 2.33. The van der Waals surface area contributed by atoms with E-state index in [4.69, 9.17) is 10.7 Å². The third-order valence-corrected chi connectivity index (χ3v) is 4.50. The number of nitrogens with zero attached hydrogens (tertiary/aromatic N) is 2. The number of anilines is 2. The summed E-state index contributed by atoms with van der Waals surface area (Å²) < 4.78 is 0. The molecule has 1 aromatic carbocycles. The smallest absolute Gasteiger partial charge is 0.129 e. The summed E-state index contributed by atoms with van der Waals surface area (Å²) in [6.07, 6.45) is 6.15. The molecule has 2 N–H and O–H groups in total. The fourth-order valence-electron chi connectivity index (χ4n) is 3.24. The number of nitrogens with two attached hydrogens (primary N) is 1. The molecule has 0 saturated heterocycles. The molecule has 0 radical (unpaired) electrons. The summed E-state index contributed by atoms with van der Waals surface area (Å²) in [7, 11) is 0. The lowest BCUT2D eigenvalue weighted by molar-refractivity contribution is 0.773. The molecule has 0 amide bonds. The molecule has 2 aliphatic carbocycles. The van der Waals surface area contributed by atoms with Gasteiger partial charge in [0.05, 0.1) is 0 Å². The lowest BCUT2D eigenvalue weighted by Gasteiger charge is -2.24. The molecule has 0 unspecified atom stereocenters. The van der Waals surface area contributed by atoms with Crippen molar-refractivity contribution in [2.24, 2.45) is 0 Å². The average molecular weight is 279 g/mol. The molecule has 2 aliphatic rings. The Morgan fingerprint density at radius 1 is 1.14 bits per heavy atom. The monoisotopic (exact) mass is 279 g/mol. The molecule has 1 heterocycles. The highest BCUT2D eigenvalue weighted by molar-refractivity contribution is 5.48. The van der Waals surface area contributed by atoms with E-state index in [0.29, 0.717) is 6.04 Å². The Morgan fingerprint density at radius 3 is 2.86 bits per heavy atom. The van der Waals surface area contributed by atoms with Crippen LogP contribution in [-0.4, -0.2) is 11.0 Å². The second-order valence-corrected chi connectivity index (χ2v) is 6.23. The lowest BCUT2D eigenvalue weighted by atomic mass is 10.1. The van der Waals surface area contributed by atoms with Gasteiger partial charge in [-0.3, -0.25) is 0 Å². The van der Waals surface area contributed by atoms with Crippen LogP contribution in [0, 0.1) is 0 Å². The standard InChI is InChI=1S/C18H21N3/c19-15-5-1-3-13(11-15)12-21(16-8-9-16)18-10-7-14-4-2-6-17(14)20-18/h1,3,5,7,10-11,16H,2,4,6,8-9,12,19H2. The van der Waals surface area contributed by atoms with E-state index in [1.807, 2.05) is 12.1 Å². The molecule has 0 spiro atoms. The van der Waals surface area contributed by atoms with E-state index in [0.717, 1.165) is 24.5 Å². The van der Waals surface area contributed by atoms with Crippen molar-refractivity contribution in [3.05, 3.63) is 53.2 Å². The van der Waals surface area contributed by atoms with Crippen LogP contribution in [0.3, 0.4) is 0 Å². The molecule has 4 rings (SSSR count). The van der Waals surface area contributed by atoms with Crippen molar-refractivity contribution < 1.29 is 0 Å². The third kappa shape index (κ3) is 2.60. The Hall–Kier alpha value is -2.03. The van der Waals surface area contributed by atoms with Crippen molar-refractivity contribution in [1.82, 2.24) is 4.98 Å². The van der Waals surface area contributed by atoms with Crippen molar-refractivity contribution in [1.29, 1.82) is 0 Å². The largest absolute Gasteiger partial charge is 0.399 e. The zero-order chi connectivity index (χ0) is 14.2. The van der Waals surface area contributed by atoms with Crippen molar-refractivity contribution in [2.75, 3.05) is 10.6 Å². The second kappa shape index (κ2) is 5.06. The molecule has 0 atom stereocenters. The van der Waals surface area contributed by atoms with E-state index >= 15 is 0 Å². The topological polar surface area (TPSA) is 42.1 Å². The van der Waals surface area contributed by atoms with Gasteiger partial charge in [-0.2, -0.15) is 0 Å². The molecule has 2 aromatic rings. The fraction of sp³-hybridized carbons (Fsp3) is 0.389. The summed E-state index contributed by atoms with van der Waals surface area (Å²) in [5.74, 6) is 1.14. The molecular weight excluding hydrogens is 258 g/mol. The van der Waals surface area contributed by atoms with Crippen LogP contribution in [0.5, 0.6) is 0 Å². The maximum absolute atomic E-state index is 5.90. The Balaban J connectivity index is 1.62. The molecular formula is C18H21N3. The summed E-state index contributed by atoms with van der Waals surface area (Å²) in [5, 5.41) is 0. The summed E-state index contributed by atoms with van der Waals surface area (Å²) in [5.41, 5.74) is 10.8. The molecule has 1 saturated carbocycles. The Labute approximate surface area is 125 Å². The van der Waals surface area contributed by atoms with Crippen LogP contribution >= 0.6 is 0 Å². The first-order valence-corrected chi connectivity index (χ1v) is 7.89. The summed E-state index contributed by atoms with van der Waals surface area (Å²) in [6.45, 7) is 0.904. The van der Waals surface area contributed by atoms with E-state index < -0.39 is 0 Å². The zero-order valence-corrected chi connectivity index (χ0v) is 12.3. The SMILES string of the molecule is Nc1cccc(CN(c2ccc3c(n2)CCC3)C2CC2)c1. The number of aromatic nitrogens is 1. The Bertz CT molecular complexity index is 661. The number of fused-ring (bicyclic) bond motifs is 1. The van der Waals surface area contributed by atoms with Crippen molar-refractivity contribution in [3.8, 4) is 0 Å². The molecule has 108 valence electrons. The maximum Gasteiger partial charge on any atom is 0.129 e. The van der Waals surface area contributed by atoms with Gasteiger partial charge in [0.2, 0.25) is 0 Å². The molecule has 0 aliphatic heterocycles. The Kier molecular flexibility index (Phi) is 3.06. The van der Waals surface area contributed by atoms with Crippen LogP contribution in [0.2, 0.25) is 0 Å². The van der Waals surface area contributed by atoms with E-state index in [2.05, 4.69) is 29.2 Å². The van der Waals surface area contributed by atoms with Gasteiger partial charge in [0, 0.05) is 24.0 Å². The van der Waals surface area contributed by atoms with Gasteiger partial charge in [-0.05, 0) is 61.4 Å². The van der Waals surface area contributed by atoms with E-state index in [9.17, 15) is 0 Å². The minimum Gasteiger partial charge on any atom is -0.399 e. The highest BCUT2D eigenvalue weighted by Gasteiger charge is 2.30. The van der Waals surface area contributed by atoms with Crippen molar-refractivity contribution in [2.45, 2.75) is 44.7 Å². The molecule has 3 nitrogen and oxygen atoms in total. The first-order chi connectivity index (χ1) is 10.3. The van der Waals surface area contributed by atoms with Gasteiger partial charge in [-0.25, -0.2) is 4.98 Å². The lowest BCUT2D eigenvalue weighted by Crippen LogP contribution is -2.26. The molecule has 0 bridgehead atoms. The van der Waals surface area contributed by atoms with Gasteiger partial charge in [0.15, 0.2) is 0 Å². The summed E-state index contributed by atoms with van der Waals surface area (Å²) in [6, 6.07) is 13.3. The number of hydrogen-bond acceptors (Lipinski definition) is 3. The Morgan fingerprint density at radius 2 is 2.05 bits per heavy atom. The third-order valence-electron chi connectivity index (χ3n) is 4.50. The predicted octanol–water partition coefficient (Wildman–Crippen LogP) is 3.32. The van der Waals surface area contributed by atoms with Crippen LogP contribution in [0.4, 0.5) is 11.5 Å². The van der Waals surface area contributed by atoms with Crippen LogP contribution in [0.25, 0.3) is 0 Å². The van der Waals surface area contributed by atoms with Crippen LogP contribution in [-0.2, 0) is 19.4 Å². The minimum absolute atomic E-state index is 0.651. The fourth-order valence-corrected chi connectivity index (χ4v) is 3.24. The first-order valence-electron chi connectivity index (χ1n) is 7.89. The number of benzene rings is 1. The van der Waals surface area contributed by atoms with Gasteiger partial charge in [-0.1, -0.05) is 18.2 Å². The molecule has 3 heteroatoms. The van der Waals surface area contributed by atoms with Gasteiger partial charge in [0.25, 0.3) is 0 Å². The molecule has 1 aromatic heterocycles. The second-order valence-electron chi connectivity index (χ2n) is 6.23. The number of pyridine rings is 1. The van der Waals surface area contributed by atoms with Crippen LogP contribution < -0.4 is 10.6 Å². The number of aryl methyl sites for hydroxylation is 2. The van der Waals surface area contributed by atoms with Crippen LogP contribution in [0.15, 0.2) is 36.4 Å². The average Bonchev–Trinajstić information content (AvgIpc) is 3.21. The maximum atomic E-state index is 5.90. The molecule has 1 fully saturated rings. The van der Waals surface area contributed by atoms with Gasteiger partial charge >= 0.3 is 0 Å². The first kappa shape index (κ1) is 12.7. The van der Waals surface area contributed by atoms with Crippen molar-refractivity contribution in [3.63, 3.8) is 0 Å². The van der Waals surface area contributed by atoms with E-state index in [1.165, 1.54) is 42.5 Å². The van der Waals surface area contributed by atoms with E-state index in [1.54, 1.807) is 0 Å². The number of rotatable bonds is 4. The molecule has 21 heavy (non-hydrogen) atoms. The normalized spacial score (nSPS) is 16.8.